The minimum Gasteiger partial charge on any atom is -0.271 e. The molecule has 2 atom stereocenters. The molecule has 1 aromatic carbocycles. The molecule has 0 aromatic heterocycles. The van der Waals surface area contributed by atoms with Crippen molar-refractivity contribution in [2.75, 3.05) is 0 Å². The van der Waals surface area contributed by atoms with Crippen molar-refractivity contribution in [3.05, 3.63) is 35.4 Å². The Labute approximate surface area is 106 Å². The molecule has 1 rings (SSSR count). The fourth-order valence-electron chi connectivity index (χ4n) is 2.38. The zero-order valence-corrected chi connectivity index (χ0v) is 11.4. The first-order valence-corrected chi connectivity index (χ1v) is 6.69. The molecule has 0 amide bonds. The van der Waals surface area contributed by atoms with Crippen LogP contribution in [0.2, 0.25) is 0 Å². The van der Waals surface area contributed by atoms with Crippen molar-refractivity contribution in [2.45, 2.75) is 52.5 Å². The fraction of sp³-hybridized carbons (Fsp3) is 0.600. The SMILES string of the molecule is CCCC(C)C(CCc1cccc(C)c1)NN. The van der Waals surface area contributed by atoms with E-state index in [1.165, 1.54) is 24.0 Å². The van der Waals surface area contributed by atoms with Gasteiger partial charge in [0.15, 0.2) is 0 Å². The smallest absolute Gasteiger partial charge is 0.0239 e. The van der Waals surface area contributed by atoms with E-state index in [9.17, 15) is 0 Å². The zero-order valence-electron chi connectivity index (χ0n) is 11.4. The number of hydrogen-bond donors (Lipinski definition) is 2. The van der Waals surface area contributed by atoms with Crippen molar-refractivity contribution < 1.29 is 0 Å². The number of benzene rings is 1. The molecule has 0 bridgehead atoms. The molecule has 1 aromatic rings. The standard InChI is InChI=1S/C15H26N2/c1-4-6-13(3)15(17-16)10-9-14-8-5-7-12(2)11-14/h5,7-8,11,13,15,17H,4,6,9-10,16H2,1-3H3. The largest absolute Gasteiger partial charge is 0.271 e. The highest BCUT2D eigenvalue weighted by molar-refractivity contribution is 5.22. The summed E-state index contributed by atoms with van der Waals surface area (Å²) in [6.07, 6.45) is 4.68. The number of rotatable bonds is 7. The normalized spacial score (nSPS) is 14.6. The van der Waals surface area contributed by atoms with E-state index < -0.39 is 0 Å². The second-order valence-electron chi connectivity index (χ2n) is 5.07. The van der Waals surface area contributed by atoms with Crippen LogP contribution >= 0.6 is 0 Å². The van der Waals surface area contributed by atoms with Crippen LogP contribution in [0.4, 0.5) is 0 Å². The van der Waals surface area contributed by atoms with E-state index in [4.69, 9.17) is 5.84 Å². The molecule has 0 saturated heterocycles. The molecule has 0 aliphatic carbocycles. The van der Waals surface area contributed by atoms with Crippen LogP contribution in [0.3, 0.4) is 0 Å². The van der Waals surface area contributed by atoms with Gasteiger partial charge < -0.3 is 0 Å². The Morgan fingerprint density at radius 2 is 2.06 bits per heavy atom. The summed E-state index contributed by atoms with van der Waals surface area (Å²) in [5, 5.41) is 0. The van der Waals surface area contributed by atoms with E-state index in [1.807, 2.05) is 0 Å². The van der Waals surface area contributed by atoms with Gasteiger partial charge in [0.1, 0.15) is 0 Å². The van der Waals surface area contributed by atoms with Gasteiger partial charge in [-0.2, -0.15) is 0 Å². The number of aryl methyl sites for hydroxylation is 2. The van der Waals surface area contributed by atoms with Crippen LogP contribution in [0.15, 0.2) is 24.3 Å². The predicted octanol–water partition coefficient (Wildman–Crippen LogP) is 3.20. The lowest BCUT2D eigenvalue weighted by Gasteiger charge is -2.22. The van der Waals surface area contributed by atoms with Crippen LogP contribution in [0.5, 0.6) is 0 Å². The van der Waals surface area contributed by atoms with Crippen molar-refractivity contribution in [3.8, 4) is 0 Å². The van der Waals surface area contributed by atoms with Crippen molar-refractivity contribution >= 4 is 0 Å². The Hall–Kier alpha value is -0.860. The molecule has 0 radical (unpaired) electrons. The van der Waals surface area contributed by atoms with E-state index in [2.05, 4.69) is 50.5 Å². The molecular formula is C15H26N2. The average Bonchev–Trinajstić information content (AvgIpc) is 2.30. The van der Waals surface area contributed by atoms with Crippen molar-refractivity contribution in [3.63, 3.8) is 0 Å². The van der Waals surface area contributed by atoms with Gasteiger partial charge in [-0.05, 0) is 37.7 Å². The van der Waals surface area contributed by atoms with E-state index in [1.54, 1.807) is 0 Å². The number of hydrogen-bond acceptors (Lipinski definition) is 2. The summed E-state index contributed by atoms with van der Waals surface area (Å²) in [5.41, 5.74) is 5.72. The van der Waals surface area contributed by atoms with Gasteiger partial charge in [-0.15, -0.1) is 0 Å². The molecule has 0 aliphatic rings. The third-order valence-corrected chi connectivity index (χ3v) is 3.47. The molecule has 0 saturated carbocycles. The maximum atomic E-state index is 5.65. The Bertz CT molecular complexity index is 322. The van der Waals surface area contributed by atoms with E-state index in [0.717, 1.165) is 12.8 Å². The molecule has 17 heavy (non-hydrogen) atoms. The Kier molecular flexibility index (Phi) is 6.23. The summed E-state index contributed by atoms with van der Waals surface area (Å²) in [4.78, 5) is 0. The van der Waals surface area contributed by atoms with Crippen LogP contribution in [0, 0.1) is 12.8 Å². The molecule has 0 fully saturated rings. The lowest BCUT2D eigenvalue weighted by atomic mass is 9.92. The topological polar surface area (TPSA) is 38.0 Å². The first-order valence-electron chi connectivity index (χ1n) is 6.69. The number of hydrazine groups is 1. The number of nitrogens with two attached hydrogens (primary N) is 1. The van der Waals surface area contributed by atoms with Gasteiger partial charge in [-0.3, -0.25) is 11.3 Å². The van der Waals surface area contributed by atoms with Gasteiger partial charge in [0.25, 0.3) is 0 Å². The molecule has 0 spiro atoms. The van der Waals surface area contributed by atoms with Crippen molar-refractivity contribution in [2.24, 2.45) is 11.8 Å². The lowest BCUT2D eigenvalue weighted by molar-refractivity contribution is 0.341. The van der Waals surface area contributed by atoms with Gasteiger partial charge in [-0.25, -0.2) is 0 Å². The highest BCUT2D eigenvalue weighted by Crippen LogP contribution is 2.16. The molecular weight excluding hydrogens is 208 g/mol. The Balaban J connectivity index is 2.47. The summed E-state index contributed by atoms with van der Waals surface area (Å²) >= 11 is 0. The number of nitrogens with one attached hydrogen (secondary N) is 1. The van der Waals surface area contributed by atoms with Crippen molar-refractivity contribution in [1.82, 2.24) is 5.43 Å². The predicted molar refractivity (Wildman–Crippen MR) is 74.7 cm³/mol. The minimum atomic E-state index is 0.426. The van der Waals surface area contributed by atoms with Crippen LogP contribution < -0.4 is 11.3 Å². The summed E-state index contributed by atoms with van der Waals surface area (Å²) in [7, 11) is 0. The molecule has 2 nitrogen and oxygen atoms in total. The average molecular weight is 234 g/mol. The summed E-state index contributed by atoms with van der Waals surface area (Å²) < 4.78 is 0. The quantitative estimate of drug-likeness (QED) is 0.561. The van der Waals surface area contributed by atoms with Gasteiger partial charge in [-0.1, -0.05) is 50.1 Å². The summed E-state index contributed by atoms with van der Waals surface area (Å²) in [6.45, 7) is 6.65. The molecule has 3 N–H and O–H groups in total. The van der Waals surface area contributed by atoms with Gasteiger partial charge in [0.2, 0.25) is 0 Å². The van der Waals surface area contributed by atoms with Gasteiger partial charge >= 0.3 is 0 Å². The van der Waals surface area contributed by atoms with E-state index in [0.29, 0.717) is 12.0 Å². The third-order valence-electron chi connectivity index (χ3n) is 3.47. The van der Waals surface area contributed by atoms with Gasteiger partial charge in [0, 0.05) is 6.04 Å². The maximum absolute atomic E-state index is 5.65. The van der Waals surface area contributed by atoms with Crippen molar-refractivity contribution in [1.29, 1.82) is 0 Å². The van der Waals surface area contributed by atoms with E-state index >= 15 is 0 Å². The molecule has 96 valence electrons. The highest BCUT2D eigenvalue weighted by atomic mass is 15.2. The molecule has 0 heterocycles. The van der Waals surface area contributed by atoms with Crippen LogP contribution in [0.25, 0.3) is 0 Å². The molecule has 2 unspecified atom stereocenters. The Morgan fingerprint density at radius 3 is 2.65 bits per heavy atom. The second-order valence-corrected chi connectivity index (χ2v) is 5.07. The first-order chi connectivity index (χ1) is 8.17. The van der Waals surface area contributed by atoms with Crippen LogP contribution in [0.1, 0.15) is 44.2 Å². The van der Waals surface area contributed by atoms with Gasteiger partial charge in [0.05, 0.1) is 0 Å². The minimum absolute atomic E-state index is 0.426. The molecule has 2 heteroatoms. The molecule has 0 aliphatic heterocycles. The maximum Gasteiger partial charge on any atom is 0.0239 e. The van der Waals surface area contributed by atoms with E-state index in [-0.39, 0.29) is 0 Å². The zero-order chi connectivity index (χ0) is 12.7. The monoisotopic (exact) mass is 234 g/mol. The summed E-state index contributed by atoms with van der Waals surface area (Å²) in [5.74, 6) is 6.30. The van der Waals surface area contributed by atoms with Crippen LogP contribution in [-0.4, -0.2) is 6.04 Å². The lowest BCUT2D eigenvalue weighted by Crippen LogP contribution is -2.40. The second kappa shape index (κ2) is 7.46. The highest BCUT2D eigenvalue weighted by Gasteiger charge is 2.14. The Morgan fingerprint density at radius 1 is 1.29 bits per heavy atom. The first kappa shape index (κ1) is 14.2. The fourth-order valence-corrected chi connectivity index (χ4v) is 2.38. The summed E-state index contributed by atoms with van der Waals surface area (Å²) in [6, 6.07) is 9.16. The third kappa shape index (κ3) is 4.88. The van der Waals surface area contributed by atoms with Crippen LogP contribution in [-0.2, 0) is 6.42 Å².